The van der Waals surface area contributed by atoms with Gasteiger partial charge >= 0.3 is 0 Å². The van der Waals surface area contributed by atoms with Gasteiger partial charge in [-0.3, -0.25) is 4.99 Å². The number of nitrogens with one attached hydrogen (secondary N) is 1. The highest BCUT2D eigenvalue weighted by molar-refractivity contribution is 7.09. The van der Waals surface area contributed by atoms with Crippen molar-refractivity contribution in [3.05, 3.63) is 58.3 Å². The molecule has 1 aromatic carbocycles. The highest BCUT2D eigenvalue weighted by Crippen LogP contribution is 2.21. The van der Waals surface area contributed by atoms with Crippen LogP contribution in [0.15, 0.2) is 52.8 Å². The van der Waals surface area contributed by atoms with Gasteiger partial charge < -0.3 is 16.2 Å². The zero-order valence-electron chi connectivity index (χ0n) is 13.5. The van der Waals surface area contributed by atoms with Crippen molar-refractivity contribution < 1.29 is 5.11 Å². The summed E-state index contributed by atoms with van der Waals surface area (Å²) in [5, 5.41) is 14.9. The standard InChI is InChI=1S/C18H25N3OS/c1-14(22)12-16(15-6-3-2-4-7-15)13-21-18(19)20-10-9-17-8-5-11-23-17/h2-8,11,14,16,22H,9-10,12-13H2,1H3,(H3,19,20,21). The summed E-state index contributed by atoms with van der Waals surface area (Å²) >= 11 is 1.75. The van der Waals surface area contributed by atoms with Gasteiger partial charge in [-0.1, -0.05) is 36.4 Å². The summed E-state index contributed by atoms with van der Waals surface area (Å²) in [7, 11) is 0. The summed E-state index contributed by atoms with van der Waals surface area (Å²) in [6, 6.07) is 14.3. The van der Waals surface area contributed by atoms with E-state index in [2.05, 4.69) is 40.0 Å². The molecule has 0 fully saturated rings. The molecular weight excluding hydrogens is 306 g/mol. The van der Waals surface area contributed by atoms with E-state index in [4.69, 9.17) is 5.73 Å². The average Bonchev–Trinajstić information content (AvgIpc) is 3.05. The van der Waals surface area contributed by atoms with Gasteiger partial charge in [0.1, 0.15) is 0 Å². The predicted octanol–water partition coefficient (Wildman–Crippen LogP) is 2.75. The SMILES string of the molecule is CC(O)CC(CN=C(N)NCCc1cccs1)c1ccccc1. The van der Waals surface area contributed by atoms with Crippen molar-refractivity contribution in [3.63, 3.8) is 0 Å². The summed E-state index contributed by atoms with van der Waals surface area (Å²) in [4.78, 5) is 5.78. The lowest BCUT2D eigenvalue weighted by Crippen LogP contribution is -2.33. The lowest BCUT2D eigenvalue weighted by molar-refractivity contribution is 0.175. The van der Waals surface area contributed by atoms with Gasteiger partial charge in [0.05, 0.1) is 6.10 Å². The van der Waals surface area contributed by atoms with Gasteiger partial charge in [-0.15, -0.1) is 11.3 Å². The summed E-state index contributed by atoms with van der Waals surface area (Å²) in [5.41, 5.74) is 7.13. The molecule has 0 aliphatic rings. The third-order valence-corrected chi connectivity index (χ3v) is 4.57. The summed E-state index contributed by atoms with van der Waals surface area (Å²) in [6.45, 7) is 3.16. The van der Waals surface area contributed by atoms with E-state index in [1.807, 2.05) is 25.1 Å². The van der Waals surface area contributed by atoms with Crippen LogP contribution in [0, 0.1) is 0 Å². The fourth-order valence-electron chi connectivity index (χ4n) is 2.49. The Bertz CT molecular complexity index is 582. The van der Waals surface area contributed by atoms with Gasteiger partial charge in [0.2, 0.25) is 0 Å². The number of aliphatic hydroxyl groups excluding tert-OH is 1. The van der Waals surface area contributed by atoms with Crippen LogP contribution in [0.2, 0.25) is 0 Å². The van der Waals surface area contributed by atoms with Crippen molar-refractivity contribution in [2.75, 3.05) is 13.1 Å². The van der Waals surface area contributed by atoms with Crippen molar-refractivity contribution in [2.24, 2.45) is 10.7 Å². The maximum Gasteiger partial charge on any atom is 0.188 e. The molecule has 124 valence electrons. The van der Waals surface area contributed by atoms with Crippen LogP contribution in [-0.2, 0) is 6.42 Å². The van der Waals surface area contributed by atoms with Crippen LogP contribution >= 0.6 is 11.3 Å². The molecular formula is C18H25N3OS. The Morgan fingerprint density at radius 1 is 1.26 bits per heavy atom. The monoisotopic (exact) mass is 331 g/mol. The molecule has 0 saturated heterocycles. The Balaban J connectivity index is 1.85. The molecule has 0 bridgehead atoms. The zero-order chi connectivity index (χ0) is 16.5. The van der Waals surface area contributed by atoms with Crippen molar-refractivity contribution in [2.45, 2.75) is 31.8 Å². The fourth-order valence-corrected chi connectivity index (χ4v) is 3.20. The molecule has 0 aliphatic carbocycles. The number of hydrogen-bond acceptors (Lipinski definition) is 3. The van der Waals surface area contributed by atoms with Crippen molar-refractivity contribution in [1.29, 1.82) is 0 Å². The molecule has 4 nitrogen and oxygen atoms in total. The maximum absolute atomic E-state index is 9.70. The zero-order valence-corrected chi connectivity index (χ0v) is 14.3. The third kappa shape index (κ3) is 6.42. The van der Waals surface area contributed by atoms with Crippen LogP contribution in [-0.4, -0.2) is 30.3 Å². The molecule has 1 heterocycles. The molecule has 4 N–H and O–H groups in total. The quantitative estimate of drug-likeness (QED) is 0.514. The molecule has 0 aliphatic heterocycles. The smallest absolute Gasteiger partial charge is 0.188 e. The highest BCUT2D eigenvalue weighted by Gasteiger charge is 2.13. The fraction of sp³-hybridized carbons (Fsp3) is 0.389. The van der Waals surface area contributed by atoms with Gasteiger partial charge in [0.15, 0.2) is 5.96 Å². The second-order valence-corrected chi connectivity index (χ2v) is 6.71. The molecule has 5 heteroatoms. The number of rotatable bonds is 8. The van der Waals surface area contributed by atoms with E-state index in [1.165, 1.54) is 10.4 Å². The molecule has 2 rings (SSSR count). The average molecular weight is 331 g/mol. The van der Waals surface area contributed by atoms with Crippen molar-refractivity contribution >= 4 is 17.3 Å². The van der Waals surface area contributed by atoms with Crippen LogP contribution in [0.1, 0.15) is 29.7 Å². The third-order valence-electron chi connectivity index (χ3n) is 3.64. The van der Waals surface area contributed by atoms with E-state index < -0.39 is 0 Å². The van der Waals surface area contributed by atoms with Crippen LogP contribution in [0.25, 0.3) is 0 Å². The number of thiophene rings is 1. The number of nitrogens with zero attached hydrogens (tertiary/aromatic N) is 1. The number of hydrogen-bond donors (Lipinski definition) is 3. The lowest BCUT2D eigenvalue weighted by atomic mass is 9.93. The van der Waals surface area contributed by atoms with E-state index in [1.54, 1.807) is 11.3 Å². The minimum absolute atomic E-state index is 0.175. The number of guanidine groups is 1. The Labute approximate surface area is 142 Å². The van der Waals surface area contributed by atoms with Gasteiger partial charge in [0.25, 0.3) is 0 Å². The highest BCUT2D eigenvalue weighted by atomic mass is 32.1. The summed E-state index contributed by atoms with van der Waals surface area (Å²) in [5.74, 6) is 0.641. The largest absolute Gasteiger partial charge is 0.393 e. The molecule has 2 aromatic rings. The molecule has 23 heavy (non-hydrogen) atoms. The predicted molar refractivity (Wildman–Crippen MR) is 98.0 cm³/mol. The normalized spacial score (nSPS) is 14.4. The van der Waals surface area contributed by atoms with Gasteiger partial charge in [0, 0.05) is 23.9 Å². The Morgan fingerprint density at radius 3 is 2.70 bits per heavy atom. The number of aliphatic imine (C=N–C) groups is 1. The van der Waals surface area contributed by atoms with Crippen LogP contribution in [0.5, 0.6) is 0 Å². The maximum atomic E-state index is 9.70. The number of aliphatic hydroxyl groups is 1. The molecule has 0 saturated carbocycles. The molecule has 0 amide bonds. The number of nitrogens with two attached hydrogens (primary N) is 1. The number of benzene rings is 1. The van der Waals surface area contributed by atoms with E-state index in [-0.39, 0.29) is 12.0 Å². The Hall–Kier alpha value is -1.85. The molecule has 1 aromatic heterocycles. The van der Waals surface area contributed by atoms with Crippen LogP contribution in [0.3, 0.4) is 0 Å². The summed E-state index contributed by atoms with van der Waals surface area (Å²) < 4.78 is 0. The van der Waals surface area contributed by atoms with Gasteiger partial charge in [-0.25, -0.2) is 0 Å². The Kier molecular flexibility index (Phi) is 7.10. The van der Waals surface area contributed by atoms with Crippen LogP contribution < -0.4 is 11.1 Å². The van der Waals surface area contributed by atoms with Crippen molar-refractivity contribution in [3.8, 4) is 0 Å². The summed E-state index contributed by atoms with van der Waals surface area (Å²) in [6.07, 6.45) is 1.27. The minimum Gasteiger partial charge on any atom is -0.393 e. The first-order chi connectivity index (χ1) is 11.1. The molecule has 2 unspecified atom stereocenters. The second-order valence-electron chi connectivity index (χ2n) is 5.67. The lowest BCUT2D eigenvalue weighted by Gasteiger charge is -2.17. The van der Waals surface area contributed by atoms with Crippen molar-refractivity contribution in [1.82, 2.24) is 5.32 Å². The van der Waals surface area contributed by atoms with E-state index in [0.717, 1.165) is 13.0 Å². The molecule has 0 spiro atoms. The van der Waals surface area contributed by atoms with E-state index in [9.17, 15) is 5.11 Å². The van der Waals surface area contributed by atoms with E-state index >= 15 is 0 Å². The first-order valence-electron chi connectivity index (χ1n) is 7.94. The van der Waals surface area contributed by atoms with E-state index in [0.29, 0.717) is 18.9 Å². The molecule has 0 radical (unpaired) electrons. The second kappa shape index (κ2) is 9.33. The van der Waals surface area contributed by atoms with Gasteiger partial charge in [-0.05, 0) is 36.8 Å². The minimum atomic E-state index is -0.358. The topological polar surface area (TPSA) is 70.6 Å². The van der Waals surface area contributed by atoms with Gasteiger partial charge in [-0.2, -0.15) is 0 Å². The van der Waals surface area contributed by atoms with Crippen LogP contribution in [0.4, 0.5) is 0 Å². The Morgan fingerprint density at radius 2 is 2.04 bits per heavy atom. The first kappa shape index (κ1) is 17.5. The first-order valence-corrected chi connectivity index (χ1v) is 8.82. The molecule has 2 atom stereocenters.